The first-order valence-electron chi connectivity index (χ1n) is 8.52. The Bertz CT molecular complexity index is 1000. The molecule has 136 valence electrons. The molecule has 0 unspecified atom stereocenters. The summed E-state index contributed by atoms with van der Waals surface area (Å²) < 4.78 is 33.2. The van der Waals surface area contributed by atoms with Crippen LogP contribution in [0.4, 0.5) is 20.2 Å². The third-order valence-electron chi connectivity index (χ3n) is 4.49. The van der Waals surface area contributed by atoms with Crippen LogP contribution in [0.3, 0.4) is 0 Å². The second kappa shape index (κ2) is 7.15. The molecule has 27 heavy (non-hydrogen) atoms. The molecule has 1 aliphatic rings. The monoisotopic (exact) mass is 365 g/mol. The highest BCUT2D eigenvalue weighted by Crippen LogP contribution is 2.31. The van der Waals surface area contributed by atoms with E-state index in [1.165, 1.54) is 18.2 Å². The minimum atomic E-state index is -0.616. The Morgan fingerprint density at radius 1 is 1.11 bits per heavy atom. The molecule has 0 atom stereocenters. The highest BCUT2D eigenvalue weighted by molar-refractivity contribution is 5.85. The molecule has 0 radical (unpaired) electrons. The van der Waals surface area contributed by atoms with Crippen LogP contribution in [0, 0.1) is 18.6 Å². The molecule has 0 fully saturated rings. The normalized spacial score (nSPS) is 12.8. The Kier molecular flexibility index (Phi) is 4.54. The zero-order chi connectivity index (χ0) is 18.8. The van der Waals surface area contributed by atoms with Crippen molar-refractivity contribution in [3.63, 3.8) is 0 Å². The average Bonchev–Trinajstić information content (AvgIpc) is 2.68. The predicted octanol–water partition coefficient (Wildman–Crippen LogP) is 4.93. The fraction of sp³-hybridized carbons (Fsp3) is 0.143. The first-order valence-corrected chi connectivity index (χ1v) is 8.52. The number of hydrogen-bond acceptors (Lipinski definition) is 4. The van der Waals surface area contributed by atoms with Gasteiger partial charge in [0.2, 0.25) is 0 Å². The fourth-order valence-electron chi connectivity index (χ4n) is 2.99. The molecule has 0 saturated heterocycles. The zero-order valence-electron chi connectivity index (χ0n) is 14.7. The van der Waals surface area contributed by atoms with Gasteiger partial charge in [0.1, 0.15) is 24.0 Å². The zero-order valence-corrected chi connectivity index (χ0v) is 14.7. The second-order valence-corrected chi connectivity index (χ2v) is 6.31. The van der Waals surface area contributed by atoms with Gasteiger partial charge in [-0.3, -0.25) is 4.98 Å². The maximum atomic E-state index is 13.8. The van der Waals surface area contributed by atoms with Crippen molar-refractivity contribution in [2.75, 3.05) is 4.90 Å². The minimum absolute atomic E-state index is 0.0841. The van der Waals surface area contributed by atoms with Crippen LogP contribution in [0.1, 0.15) is 16.7 Å². The number of aryl methyl sites for hydroxylation is 1. The number of nitrogens with zero attached hydrogens (tertiary/aromatic N) is 3. The van der Waals surface area contributed by atoms with Crippen LogP contribution in [0.25, 0.3) is 0 Å². The molecule has 6 heteroatoms. The number of aromatic nitrogens is 1. The summed E-state index contributed by atoms with van der Waals surface area (Å²) in [5.41, 5.74) is 3.80. The third-order valence-corrected chi connectivity index (χ3v) is 4.49. The molecule has 0 amide bonds. The Morgan fingerprint density at radius 3 is 2.74 bits per heavy atom. The lowest BCUT2D eigenvalue weighted by molar-refractivity contribution is 0.292. The first kappa shape index (κ1) is 17.1. The molecule has 2 aromatic carbocycles. The van der Waals surface area contributed by atoms with Crippen molar-refractivity contribution in [2.45, 2.75) is 20.1 Å². The van der Waals surface area contributed by atoms with Gasteiger partial charge in [0.15, 0.2) is 0 Å². The summed E-state index contributed by atoms with van der Waals surface area (Å²) in [6.45, 7) is 2.45. The van der Waals surface area contributed by atoms with Crippen molar-refractivity contribution in [2.24, 2.45) is 4.99 Å². The summed E-state index contributed by atoms with van der Waals surface area (Å²) in [6, 6.07) is 11.2. The Balaban J connectivity index is 1.56. The molecule has 1 aromatic heterocycles. The van der Waals surface area contributed by atoms with Crippen LogP contribution in [-0.2, 0) is 13.2 Å². The Labute approximate surface area is 155 Å². The molecule has 0 bridgehead atoms. The van der Waals surface area contributed by atoms with Crippen molar-refractivity contribution >= 4 is 17.7 Å². The standard InChI is InChI=1S/C21H17F2N3O/c1-14-5-6-16(27-12-17-18(22)3-2-4-19(17)23)9-21(14)26-11-15-10-24-8-7-20(15)25-13-26/h2-10,13H,11-12H2,1H3. The summed E-state index contributed by atoms with van der Waals surface area (Å²) in [5.74, 6) is -0.701. The van der Waals surface area contributed by atoms with E-state index in [0.717, 1.165) is 22.5 Å². The number of fused-ring (bicyclic) bond motifs is 1. The van der Waals surface area contributed by atoms with E-state index in [4.69, 9.17) is 4.74 Å². The van der Waals surface area contributed by atoms with E-state index in [0.29, 0.717) is 12.3 Å². The molecule has 4 nitrogen and oxygen atoms in total. The molecule has 0 N–H and O–H groups in total. The second-order valence-electron chi connectivity index (χ2n) is 6.31. The van der Waals surface area contributed by atoms with E-state index in [9.17, 15) is 8.78 Å². The number of rotatable bonds is 4. The van der Waals surface area contributed by atoms with Gasteiger partial charge in [-0.2, -0.15) is 0 Å². The van der Waals surface area contributed by atoms with E-state index >= 15 is 0 Å². The number of hydrogen-bond donors (Lipinski definition) is 0. The van der Waals surface area contributed by atoms with Crippen molar-refractivity contribution in [1.29, 1.82) is 0 Å². The average molecular weight is 365 g/mol. The molecule has 3 aromatic rings. The van der Waals surface area contributed by atoms with Gasteiger partial charge in [-0.05, 0) is 36.8 Å². The van der Waals surface area contributed by atoms with Crippen LogP contribution in [-0.4, -0.2) is 11.3 Å². The fourth-order valence-corrected chi connectivity index (χ4v) is 2.99. The van der Waals surface area contributed by atoms with E-state index in [2.05, 4.69) is 9.98 Å². The van der Waals surface area contributed by atoms with E-state index in [1.807, 2.05) is 30.0 Å². The quantitative estimate of drug-likeness (QED) is 0.658. The van der Waals surface area contributed by atoms with Gasteiger partial charge in [-0.1, -0.05) is 12.1 Å². The molecule has 4 rings (SSSR count). The summed E-state index contributed by atoms with van der Waals surface area (Å²) >= 11 is 0. The third kappa shape index (κ3) is 3.51. The number of pyridine rings is 1. The summed E-state index contributed by atoms with van der Waals surface area (Å²) in [7, 11) is 0. The van der Waals surface area contributed by atoms with Gasteiger partial charge in [0.25, 0.3) is 0 Å². The highest BCUT2D eigenvalue weighted by atomic mass is 19.1. The molecular weight excluding hydrogens is 348 g/mol. The maximum Gasteiger partial charge on any atom is 0.132 e. The summed E-state index contributed by atoms with van der Waals surface area (Å²) in [4.78, 5) is 10.6. The number of anilines is 1. The molecule has 0 spiro atoms. The van der Waals surface area contributed by atoms with Gasteiger partial charge < -0.3 is 9.64 Å². The number of aliphatic imine (C=N–C) groups is 1. The molecule has 2 heterocycles. The first-order chi connectivity index (χ1) is 13.1. The summed E-state index contributed by atoms with van der Waals surface area (Å²) in [5, 5.41) is 0. The van der Waals surface area contributed by atoms with Crippen LogP contribution in [0.5, 0.6) is 5.75 Å². The Morgan fingerprint density at radius 2 is 1.93 bits per heavy atom. The largest absolute Gasteiger partial charge is 0.489 e. The van der Waals surface area contributed by atoms with Crippen molar-refractivity contribution < 1.29 is 13.5 Å². The van der Waals surface area contributed by atoms with Gasteiger partial charge >= 0.3 is 0 Å². The predicted molar refractivity (Wildman–Crippen MR) is 100 cm³/mol. The van der Waals surface area contributed by atoms with Crippen LogP contribution in [0.15, 0.2) is 59.9 Å². The molecular formula is C21H17F2N3O. The molecule has 1 aliphatic heterocycles. The highest BCUT2D eigenvalue weighted by Gasteiger charge is 2.16. The van der Waals surface area contributed by atoms with Gasteiger partial charge in [-0.15, -0.1) is 0 Å². The van der Waals surface area contributed by atoms with Crippen molar-refractivity contribution in [3.8, 4) is 5.75 Å². The number of ether oxygens (including phenoxy) is 1. The lowest BCUT2D eigenvalue weighted by atomic mass is 10.1. The van der Waals surface area contributed by atoms with E-state index in [-0.39, 0.29) is 12.2 Å². The van der Waals surface area contributed by atoms with Gasteiger partial charge in [0, 0.05) is 29.7 Å². The lowest BCUT2D eigenvalue weighted by Crippen LogP contribution is -2.24. The smallest absolute Gasteiger partial charge is 0.132 e. The SMILES string of the molecule is Cc1ccc(OCc2c(F)cccc2F)cc1N1C=Nc2ccncc2C1. The minimum Gasteiger partial charge on any atom is -0.489 e. The topological polar surface area (TPSA) is 37.7 Å². The van der Waals surface area contributed by atoms with Gasteiger partial charge in [-0.25, -0.2) is 13.8 Å². The molecule has 0 saturated carbocycles. The Hall–Kier alpha value is -3.28. The van der Waals surface area contributed by atoms with E-state index < -0.39 is 11.6 Å². The van der Waals surface area contributed by atoms with Gasteiger partial charge in [0.05, 0.1) is 24.1 Å². The number of benzene rings is 2. The van der Waals surface area contributed by atoms with E-state index in [1.54, 1.807) is 24.8 Å². The lowest BCUT2D eigenvalue weighted by Gasteiger charge is -2.26. The number of halogens is 2. The van der Waals surface area contributed by atoms with Crippen molar-refractivity contribution in [3.05, 3.63) is 83.2 Å². The van der Waals surface area contributed by atoms with Crippen LogP contribution in [0.2, 0.25) is 0 Å². The van der Waals surface area contributed by atoms with Crippen LogP contribution >= 0.6 is 0 Å². The van der Waals surface area contributed by atoms with Crippen molar-refractivity contribution in [1.82, 2.24) is 4.98 Å². The maximum absolute atomic E-state index is 13.8. The summed E-state index contributed by atoms with van der Waals surface area (Å²) in [6.07, 6.45) is 5.29. The molecule has 0 aliphatic carbocycles. The van der Waals surface area contributed by atoms with Crippen LogP contribution < -0.4 is 9.64 Å².